The molecule has 19 heavy (non-hydrogen) atoms. The molecule has 3 aromatic rings. The van der Waals surface area contributed by atoms with Crippen molar-refractivity contribution in [1.82, 2.24) is 9.30 Å². The molecule has 0 atom stereocenters. The molecule has 0 fully saturated rings. The third-order valence-corrected chi connectivity index (χ3v) is 3.64. The number of thiophene rings is 1. The summed E-state index contributed by atoms with van der Waals surface area (Å²) < 4.78 is 3.49. The van der Waals surface area contributed by atoms with Gasteiger partial charge >= 0.3 is 11.7 Å². The number of carbonyl (C=O) groups is 1. The SMILES string of the molecule is CC(=O)On1ccn(-c2csc3ccccc23)c1=O. The number of aromatic nitrogens is 2. The lowest BCUT2D eigenvalue weighted by atomic mass is 10.2. The topological polar surface area (TPSA) is 53.2 Å². The van der Waals surface area contributed by atoms with Crippen LogP contribution in [0.1, 0.15) is 6.92 Å². The summed E-state index contributed by atoms with van der Waals surface area (Å²) in [7, 11) is 0. The minimum atomic E-state index is -0.532. The third kappa shape index (κ3) is 1.96. The van der Waals surface area contributed by atoms with Crippen molar-refractivity contribution < 1.29 is 9.63 Å². The van der Waals surface area contributed by atoms with Crippen LogP contribution >= 0.6 is 11.3 Å². The Labute approximate surface area is 112 Å². The fourth-order valence-electron chi connectivity index (χ4n) is 1.90. The smallest absolute Gasteiger partial charge is 0.333 e. The van der Waals surface area contributed by atoms with Gasteiger partial charge in [0.1, 0.15) is 0 Å². The van der Waals surface area contributed by atoms with E-state index < -0.39 is 11.7 Å². The molecule has 0 aliphatic heterocycles. The van der Waals surface area contributed by atoms with E-state index in [0.717, 1.165) is 20.5 Å². The summed E-state index contributed by atoms with van der Waals surface area (Å²) in [6.07, 6.45) is 3.01. The fourth-order valence-corrected chi connectivity index (χ4v) is 2.84. The summed E-state index contributed by atoms with van der Waals surface area (Å²) in [6, 6.07) is 7.83. The molecule has 2 heterocycles. The van der Waals surface area contributed by atoms with Crippen LogP contribution in [-0.4, -0.2) is 15.3 Å². The Balaban J connectivity index is 2.15. The van der Waals surface area contributed by atoms with Crippen LogP contribution in [0.5, 0.6) is 0 Å². The number of benzene rings is 1. The largest absolute Gasteiger partial charge is 0.366 e. The molecule has 3 rings (SSSR count). The van der Waals surface area contributed by atoms with Crippen LogP contribution in [0.4, 0.5) is 0 Å². The monoisotopic (exact) mass is 274 g/mol. The molecule has 0 N–H and O–H groups in total. The number of nitrogens with zero attached hydrogens (tertiary/aromatic N) is 2. The summed E-state index contributed by atoms with van der Waals surface area (Å²) in [5.41, 5.74) is 0.384. The lowest BCUT2D eigenvalue weighted by Gasteiger charge is -2.00. The molecule has 0 unspecified atom stereocenters. The van der Waals surface area contributed by atoms with Crippen molar-refractivity contribution in [1.29, 1.82) is 0 Å². The molecule has 0 bridgehead atoms. The molecule has 0 aliphatic rings. The summed E-state index contributed by atoms with van der Waals surface area (Å²) >= 11 is 1.56. The van der Waals surface area contributed by atoms with Crippen LogP contribution in [0.25, 0.3) is 15.8 Å². The van der Waals surface area contributed by atoms with Crippen LogP contribution < -0.4 is 10.5 Å². The highest BCUT2D eigenvalue weighted by molar-refractivity contribution is 7.17. The standard InChI is InChI=1S/C13H10N2O3S/c1-9(16)18-15-7-6-14(13(15)17)11-8-19-12-5-3-2-4-10(11)12/h2-8H,1H3. The van der Waals surface area contributed by atoms with Crippen molar-refractivity contribution in [2.75, 3.05) is 0 Å². The summed E-state index contributed by atoms with van der Waals surface area (Å²) in [5, 5.41) is 2.90. The van der Waals surface area contributed by atoms with Crippen molar-refractivity contribution in [2.45, 2.75) is 6.92 Å². The minimum Gasteiger partial charge on any atom is -0.333 e. The second-order valence-electron chi connectivity index (χ2n) is 3.98. The van der Waals surface area contributed by atoms with E-state index in [9.17, 15) is 9.59 Å². The molecular weight excluding hydrogens is 264 g/mol. The highest BCUT2D eigenvalue weighted by Gasteiger charge is 2.11. The van der Waals surface area contributed by atoms with Gasteiger partial charge in [-0.05, 0) is 6.07 Å². The van der Waals surface area contributed by atoms with E-state index in [1.807, 2.05) is 29.6 Å². The van der Waals surface area contributed by atoms with Crippen molar-refractivity contribution >= 4 is 27.4 Å². The lowest BCUT2D eigenvalue weighted by Crippen LogP contribution is -2.30. The number of hydrogen-bond acceptors (Lipinski definition) is 4. The molecule has 2 aromatic heterocycles. The molecule has 6 heteroatoms. The predicted octanol–water partition coefficient (Wildman–Crippen LogP) is 1.83. The van der Waals surface area contributed by atoms with Gasteiger partial charge in [0.2, 0.25) is 0 Å². The second-order valence-corrected chi connectivity index (χ2v) is 4.89. The average Bonchev–Trinajstić information content (AvgIpc) is 2.94. The van der Waals surface area contributed by atoms with Gasteiger partial charge in [0, 0.05) is 28.6 Å². The molecule has 0 aliphatic carbocycles. The maximum atomic E-state index is 12.1. The highest BCUT2D eigenvalue weighted by atomic mass is 32.1. The summed E-state index contributed by atoms with van der Waals surface area (Å²) in [5.74, 6) is -0.532. The van der Waals surface area contributed by atoms with E-state index in [2.05, 4.69) is 0 Å². The van der Waals surface area contributed by atoms with Crippen molar-refractivity contribution in [2.24, 2.45) is 0 Å². The molecule has 0 spiro atoms. The molecular formula is C13H10N2O3S. The molecule has 0 saturated carbocycles. The summed E-state index contributed by atoms with van der Waals surface area (Å²) in [4.78, 5) is 27.8. The van der Waals surface area contributed by atoms with Gasteiger partial charge < -0.3 is 4.84 Å². The zero-order valence-corrected chi connectivity index (χ0v) is 10.9. The molecule has 96 valence electrons. The maximum Gasteiger partial charge on any atom is 0.366 e. The molecule has 5 nitrogen and oxygen atoms in total. The van der Waals surface area contributed by atoms with Gasteiger partial charge in [0.15, 0.2) is 0 Å². The van der Waals surface area contributed by atoms with Crippen molar-refractivity contribution in [3.8, 4) is 5.69 Å². The first-order valence-corrected chi connectivity index (χ1v) is 6.50. The Morgan fingerprint density at radius 2 is 2.05 bits per heavy atom. The average molecular weight is 274 g/mol. The third-order valence-electron chi connectivity index (χ3n) is 2.69. The maximum absolute atomic E-state index is 12.1. The highest BCUT2D eigenvalue weighted by Crippen LogP contribution is 2.27. The van der Waals surface area contributed by atoms with E-state index >= 15 is 0 Å². The zero-order chi connectivity index (χ0) is 13.4. The van der Waals surface area contributed by atoms with Crippen molar-refractivity contribution in [3.63, 3.8) is 0 Å². The van der Waals surface area contributed by atoms with Gasteiger partial charge in [-0.2, -0.15) is 0 Å². The second kappa shape index (κ2) is 4.40. The van der Waals surface area contributed by atoms with E-state index in [1.54, 1.807) is 17.5 Å². The van der Waals surface area contributed by atoms with Gasteiger partial charge in [-0.15, -0.1) is 16.1 Å². The Morgan fingerprint density at radius 3 is 2.84 bits per heavy atom. The minimum absolute atomic E-state index is 0.404. The molecule has 1 aromatic carbocycles. The molecule has 0 radical (unpaired) electrons. The number of rotatable bonds is 2. The van der Waals surface area contributed by atoms with Crippen molar-refractivity contribution in [3.05, 3.63) is 52.5 Å². The van der Waals surface area contributed by atoms with Gasteiger partial charge in [0.05, 0.1) is 11.9 Å². The van der Waals surface area contributed by atoms with Gasteiger partial charge in [-0.1, -0.05) is 18.2 Å². The Morgan fingerprint density at radius 1 is 1.26 bits per heavy atom. The Hall–Kier alpha value is -2.34. The fraction of sp³-hybridized carbons (Fsp3) is 0.0769. The van der Waals surface area contributed by atoms with Gasteiger partial charge in [-0.25, -0.2) is 9.59 Å². The van der Waals surface area contributed by atoms with Crippen LogP contribution in [0, 0.1) is 0 Å². The van der Waals surface area contributed by atoms with Crippen LogP contribution in [0.2, 0.25) is 0 Å². The first-order chi connectivity index (χ1) is 9.16. The normalized spacial score (nSPS) is 10.8. The number of imidazole rings is 1. The van der Waals surface area contributed by atoms with Gasteiger partial charge in [-0.3, -0.25) is 4.57 Å². The van der Waals surface area contributed by atoms with E-state index in [0.29, 0.717) is 0 Å². The van der Waals surface area contributed by atoms with Crippen LogP contribution in [0.3, 0.4) is 0 Å². The van der Waals surface area contributed by atoms with Crippen LogP contribution in [0.15, 0.2) is 46.8 Å². The molecule has 0 amide bonds. The lowest BCUT2D eigenvalue weighted by molar-refractivity contribution is -0.141. The predicted molar refractivity (Wildman–Crippen MR) is 72.7 cm³/mol. The number of fused-ring (bicyclic) bond motifs is 1. The van der Waals surface area contributed by atoms with E-state index in [1.165, 1.54) is 17.7 Å². The number of carbonyl (C=O) groups excluding carboxylic acids is 1. The summed E-state index contributed by atoms with van der Waals surface area (Å²) in [6.45, 7) is 1.25. The first kappa shape index (κ1) is 11.7. The molecule has 0 saturated heterocycles. The van der Waals surface area contributed by atoms with E-state index in [4.69, 9.17) is 4.84 Å². The quantitative estimate of drug-likeness (QED) is 0.716. The Bertz CT molecular complexity index is 813. The van der Waals surface area contributed by atoms with Crippen LogP contribution in [-0.2, 0) is 4.79 Å². The van der Waals surface area contributed by atoms with Gasteiger partial charge in [0.25, 0.3) is 0 Å². The first-order valence-electron chi connectivity index (χ1n) is 5.62. The van der Waals surface area contributed by atoms with E-state index in [-0.39, 0.29) is 0 Å². The zero-order valence-electron chi connectivity index (χ0n) is 10.1. The number of hydrogen-bond donors (Lipinski definition) is 0. The Kier molecular flexibility index (Phi) is 2.72.